The van der Waals surface area contributed by atoms with E-state index in [4.69, 9.17) is 9.47 Å². The Bertz CT molecular complexity index is 1220. The molecule has 6 nitrogen and oxygen atoms in total. The van der Waals surface area contributed by atoms with Crippen LogP contribution in [-0.4, -0.2) is 50.4 Å². The second kappa shape index (κ2) is 12.1. The molecule has 0 saturated carbocycles. The number of halogens is 4. The van der Waals surface area contributed by atoms with Gasteiger partial charge in [-0.3, -0.25) is 9.59 Å². The molecule has 2 aromatic rings. The second-order valence-corrected chi connectivity index (χ2v) is 8.66. The van der Waals surface area contributed by atoms with Crippen LogP contribution in [0.1, 0.15) is 30.0 Å². The Morgan fingerprint density at radius 3 is 2.51 bits per heavy atom. The van der Waals surface area contributed by atoms with Crippen LogP contribution in [0.15, 0.2) is 54.3 Å². The van der Waals surface area contributed by atoms with Gasteiger partial charge in [-0.1, -0.05) is 18.2 Å². The Hall–Kier alpha value is -3.66. The largest absolute Gasteiger partial charge is 0.492 e. The summed E-state index contributed by atoms with van der Waals surface area (Å²) in [7, 11) is 3.60. The maximum Gasteiger partial charge on any atom is 0.416 e. The topological polar surface area (TPSA) is 67.9 Å². The van der Waals surface area contributed by atoms with Gasteiger partial charge in [-0.05, 0) is 62.0 Å². The highest BCUT2D eigenvalue weighted by Gasteiger charge is 2.31. The number of hydrogen-bond acceptors (Lipinski definition) is 5. The summed E-state index contributed by atoms with van der Waals surface area (Å²) in [6, 6.07) is 7.23. The lowest BCUT2D eigenvalue weighted by Gasteiger charge is -2.16. The fourth-order valence-electron chi connectivity index (χ4n) is 3.58. The first kappa shape index (κ1) is 27.9. The maximum atomic E-state index is 14.8. The minimum atomic E-state index is -4.64. The number of ether oxygens (including phenoxy) is 2. The van der Waals surface area contributed by atoms with Crippen LogP contribution in [0.3, 0.4) is 0 Å². The number of hydrogen-bond donors (Lipinski definition) is 1. The summed E-state index contributed by atoms with van der Waals surface area (Å²) in [6.07, 6.45) is -1.70. The van der Waals surface area contributed by atoms with Crippen LogP contribution >= 0.6 is 0 Å². The Morgan fingerprint density at radius 2 is 1.86 bits per heavy atom. The van der Waals surface area contributed by atoms with Crippen molar-refractivity contribution in [1.29, 1.82) is 0 Å². The van der Waals surface area contributed by atoms with Crippen LogP contribution in [0.4, 0.5) is 23.2 Å². The van der Waals surface area contributed by atoms with Crippen molar-refractivity contribution < 1.29 is 36.6 Å². The fourth-order valence-corrected chi connectivity index (χ4v) is 3.58. The summed E-state index contributed by atoms with van der Waals surface area (Å²) in [5.41, 5.74) is 0.103. The van der Waals surface area contributed by atoms with Gasteiger partial charge in [-0.15, -0.1) is 0 Å². The highest BCUT2D eigenvalue weighted by Crippen LogP contribution is 2.34. The number of alkyl halides is 3. The molecule has 2 aromatic carbocycles. The number of benzene rings is 2. The van der Waals surface area contributed by atoms with E-state index in [9.17, 15) is 27.2 Å². The molecular formula is C27H28F4N2O4. The molecule has 0 unspecified atom stereocenters. The molecule has 3 rings (SSSR count). The Labute approximate surface area is 212 Å². The lowest BCUT2D eigenvalue weighted by Crippen LogP contribution is -2.20. The number of Topliss-reactive ketones (excluding diaryl/α,β-unsaturated/α-hetero) is 1. The molecule has 0 aromatic heterocycles. The van der Waals surface area contributed by atoms with E-state index in [1.54, 1.807) is 39.2 Å². The molecule has 0 spiro atoms. The van der Waals surface area contributed by atoms with Crippen molar-refractivity contribution in [2.45, 2.75) is 25.9 Å². The molecule has 0 radical (unpaired) electrons. The fraction of sp³-hybridized carbons (Fsp3) is 0.333. The van der Waals surface area contributed by atoms with E-state index < -0.39 is 29.9 Å². The Morgan fingerprint density at radius 1 is 1.11 bits per heavy atom. The van der Waals surface area contributed by atoms with Crippen LogP contribution in [0.2, 0.25) is 0 Å². The third-order valence-electron chi connectivity index (χ3n) is 5.43. The summed E-state index contributed by atoms with van der Waals surface area (Å²) >= 11 is 0. The van der Waals surface area contributed by atoms with E-state index in [1.807, 2.05) is 4.90 Å². The first-order valence-corrected chi connectivity index (χ1v) is 11.6. The molecule has 0 saturated heterocycles. The van der Waals surface area contributed by atoms with Crippen LogP contribution in [0.25, 0.3) is 5.57 Å². The first-order valence-electron chi connectivity index (χ1n) is 11.6. The normalized spacial score (nSPS) is 13.8. The molecule has 198 valence electrons. The zero-order valence-corrected chi connectivity index (χ0v) is 20.7. The minimum Gasteiger partial charge on any atom is -0.492 e. The van der Waals surface area contributed by atoms with E-state index in [1.165, 1.54) is 18.2 Å². The summed E-state index contributed by atoms with van der Waals surface area (Å²) in [6.45, 7) is 2.72. The van der Waals surface area contributed by atoms with Crippen molar-refractivity contribution in [1.82, 2.24) is 4.90 Å². The Balaban J connectivity index is 1.73. The molecule has 0 atom stereocenters. The molecule has 10 heteroatoms. The van der Waals surface area contributed by atoms with E-state index in [2.05, 4.69) is 5.32 Å². The third kappa shape index (κ3) is 7.91. The average Bonchev–Trinajstić information content (AvgIpc) is 2.81. The summed E-state index contributed by atoms with van der Waals surface area (Å²) in [5.74, 6) is -1.35. The smallest absolute Gasteiger partial charge is 0.416 e. The monoisotopic (exact) mass is 520 g/mol. The lowest BCUT2D eigenvalue weighted by molar-refractivity contribution is -0.137. The third-order valence-corrected chi connectivity index (χ3v) is 5.43. The predicted octanol–water partition coefficient (Wildman–Crippen LogP) is 5.24. The van der Waals surface area contributed by atoms with Crippen molar-refractivity contribution in [3.8, 4) is 5.75 Å². The number of anilines is 1. The zero-order chi connectivity index (χ0) is 27.2. The number of likely N-dealkylation sites (N-methyl/N-ethyl adjacent to an activating group) is 1. The second-order valence-electron chi connectivity index (χ2n) is 8.66. The van der Waals surface area contributed by atoms with E-state index in [-0.39, 0.29) is 41.6 Å². The van der Waals surface area contributed by atoms with Crippen molar-refractivity contribution in [3.05, 3.63) is 76.8 Å². The molecule has 0 aliphatic heterocycles. The van der Waals surface area contributed by atoms with Gasteiger partial charge in [0.1, 0.15) is 18.2 Å². The van der Waals surface area contributed by atoms with E-state index >= 15 is 0 Å². The number of allylic oxidation sites excluding steroid dienone is 4. The quantitative estimate of drug-likeness (QED) is 0.434. The van der Waals surface area contributed by atoms with Gasteiger partial charge in [0.15, 0.2) is 5.76 Å². The minimum absolute atomic E-state index is 0.0405. The highest BCUT2D eigenvalue weighted by atomic mass is 19.4. The van der Waals surface area contributed by atoms with Gasteiger partial charge in [0.25, 0.3) is 0 Å². The van der Waals surface area contributed by atoms with Crippen LogP contribution in [0, 0.1) is 5.82 Å². The highest BCUT2D eigenvalue weighted by molar-refractivity contribution is 6.01. The number of rotatable bonds is 10. The van der Waals surface area contributed by atoms with E-state index in [0.29, 0.717) is 24.3 Å². The number of carbonyl (C=O) groups is 2. The SMILES string of the molecule is CCOC1=CC(c2ccc(CC(=O)Nc3cc(OCCN(C)C)cc(C(F)(F)F)c3)c(F)c2)=CCC1=O. The van der Waals surface area contributed by atoms with Gasteiger partial charge < -0.3 is 19.7 Å². The van der Waals surface area contributed by atoms with Gasteiger partial charge in [-0.25, -0.2) is 4.39 Å². The molecule has 37 heavy (non-hydrogen) atoms. The molecule has 1 amide bonds. The molecule has 1 aliphatic rings. The van der Waals surface area contributed by atoms with Crippen LogP contribution in [-0.2, 0) is 26.9 Å². The number of nitrogens with one attached hydrogen (secondary N) is 1. The van der Waals surface area contributed by atoms with Crippen molar-refractivity contribution in [3.63, 3.8) is 0 Å². The van der Waals surface area contributed by atoms with Gasteiger partial charge in [0.05, 0.1) is 18.6 Å². The number of nitrogens with zero attached hydrogens (tertiary/aromatic N) is 1. The van der Waals surface area contributed by atoms with Crippen molar-refractivity contribution >= 4 is 23.0 Å². The van der Waals surface area contributed by atoms with Crippen LogP contribution in [0.5, 0.6) is 5.75 Å². The molecule has 0 heterocycles. The maximum absolute atomic E-state index is 14.8. The Kier molecular flexibility index (Phi) is 9.09. The average molecular weight is 521 g/mol. The van der Waals surface area contributed by atoms with Gasteiger partial charge in [0, 0.05) is 24.7 Å². The number of carbonyl (C=O) groups excluding carboxylic acids is 2. The van der Waals surface area contributed by atoms with Crippen LogP contribution < -0.4 is 10.1 Å². The van der Waals surface area contributed by atoms with E-state index in [0.717, 1.165) is 12.1 Å². The molecular weight excluding hydrogens is 492 g/mol. The van der Waals surface area contributed by atoms with Gasteiger partial charge >= 0.3 is 6.18 Å². The number of amides is 1. The molecule has 1 N–H and O–H groups in total. The molecule has 1 aliphatic carbocycles. The number of ketones is 1. The predicted molar refractivity (Wildman–Crippen MR) is 132 cm³/mol. The summed E-state index contributed by atoms with van der Waals surface area (Å²) in [4.78, 5) is 26.3. The van der Waals surface area contributed by atoms with Gasteiger partial charge in [-0.2, -0.15) is 13.2 Å². The lowest BCUT2D eigenvalue weighted by atomic mass is 9.96. The molecule has 0 fully saturated rings. The van der Waals surface area contributed by atoms with Crippen molar-refractivity contribution in [2.24, 2.45) is 0 Å². The standard InChI is InChI=1S/C27H28F4N2O4/c1-4-36-25-12-18(7-8-24(25)34)17-5-6-19(23(28)11-17)13-26(35)32-21-14-20(27(29,30)31)15-22(16-21)37-10-9-33(2)3/h5-7,11-12,14-16H,4,8-10,13H2,1-3H3,(H,32,35). The summed E-state index contributed by atoms with van der Waals surface area (Å²) in [5, 5.41) is 2.40. The molecule has 0 bridgehead atoms. The van der Waals surface area contributed by atoms with Gasteiger partial charge in [0.2, 0.25) is 11.7 Å². The first-order chi connectivity index (χ1) is 17.5. The zero-order valence-electron chi connectivity index (χ0n) is 20.7. The van der Waals surface area contributed by atoms with Crippen molar-refractivity contribution in [2.75, 3.05) is 39.2 Å². The summed E-state index contributed by atoms with van der Waals surface area (Å²) < 4.78 is 65.6.